The Balaban J connectivity index is 1.71. The number of aromatic nitrogens is 1. The molecule has 1 aromatic heterocycles. The highest BCUT2D eigenvalue weighted by molar-refractivity contribution is 6.05. The van der Waals surface area contributed by atoms with Gasteiger partial charge in [-0.05, 0) is 34.5 Å². The quantitative estimate of drug-likeness (QED) is 0.458. The number of fused-ring (bicyclic) bond motifs is 2. The third kappa shape index (κ3) is 2.91. The van der Waals surface area contributed by atoms with Gasteiger partial charge in [-0.3, -0.25) is 0 Å². The SMILES string of the molecule is O=Nc1c(O)n(Cc2cc(F)cc3c2OCOC3)c2cccc(-c3ccccc3)c12. The third-order valence-electron chi connectivity index (χ3n) is 5.29. The Bertz CT molecular complexity index is 1270. The summed E-state index contributed by atoms with van der Waals surface area (Å²) in [6, 6.07) is 17.8. The van der Waals surface area contributed by atoms with Crippen LogP contribution in [-0.4, -0.2) is 16.5 Å². The molecule has 0 unspecified atom stereocenters. The van der Waals surface area contributed by atoms with E-state index < -0.39 is 5.82 Å². The number of halogens is 1. The second-order valence-corrected chi connectivity index (χ2v) is 7.08. The van der Waals surface area contributed by atoms with Crippen LogP contribution >= 0.6 is 0 Å². The van der Waals surface area contributed by atoms with Crippen LogP contribution in [0.1, 0.15) is 11.1 Å². The van der Waals surface area contributed by atoms with E-state index in [-0.39, 0.29) is 31.5 Å². The molecule has 7 heteroatoms. The molecule has 0 saturated heterocycles. The highest BCUT2D eigenvalue weighted by atomic mass is 19.1. The summed E-state index contributed by atoms with van der Waals surface area (Å²) in [6.45, 7) is 0.428. The Morgan fingerprint density at radius 1 is 1.10 bits per heavy atom. The first-order chi connectivity index (χ1) is 14.7. The Hall–Kier alpha value is -3.71. The third-order valence-corrected chi connectivity index (χ3v) is 5.29. The number of hydrogen-bond donors (Lipinski definition) is 1. The molecule has 30 heavy (non-hydrogen) atoms. The van der Waals surface area contributed by atoms with Gasteiger partial charge in [0.25, 0.3) is 0 Å². The normalized spacial score (nSPS) is 13.1. The summed E-state index contributed by atoms with van der Waals surface area (Å²) in [5.74, 6) is -0.162. The predicted octanol–water partition coefficient (Wildman–Crippen LogP) is 5.47. The van der Waals surface area contributed by atoms with Gasteiger partial charge < -0.3 is 19.1 Å². The largest absolute Gasteiger partial charge is 0.493 e. The maximum absolute atomic E-state index is 14.2. The molecule has 0 amide bonds. The van der Waals surface area contributed by atoms with Crippen LogP contribution in [0.3, 0.4) is 0 Å². The summed E-state index contributed by atoms with van der Waals surface area (Å²) < 4.78 is 26.6. The highest BCUT2D eigenvalue weighted by Crippen LogP contribution is 2.44. The molecule has 1 aliphatic heterocycles. The minimum Gasteiger partial charge on any atom is -0.493 e. The fourth-order valence-corrected chi connectivity index (χ4v) is 4.02. The van der Waals surface area contributed by atoms with Gasteiger partial charge in [-0.25, -0.2) is 4.39 Å². The number of nitroso groups, excluding NO2 is 1. The lowest BCUT2D eigenvalue weighted by molar-refractivity contribution is -0.0173. The summed E-state index contributed by atoms with van der Waals surface area (Å²) >= 11 is 0. The summed E-state index contributed by atoms with van der Waals surface area (Å²) in [5, 5.41) is 14.5. The van der Waals surface area contributed by atoms with Crippen LogP contribution in [0.2, 0.25) is 0 Å². The first-order valence-electron chi connectivity index (χ1n) is 9.42. The maximum Gasteiger partial charge on any atom is 0.222 e. The zero-order chi connectivity index (χ0) is 20.7. The minimum absolute atomic E-state index is 0.0426. The van der Waals surface area contributed by atoms with Gasteiger partial charge in [0.05, 0.1) is 18.7 Å². The molecule has 1 aliphatic rings. The molecule has 0 radical (unpaired) electrons. The minimum atomic E-state index is -0.424. The van der Waals surface area contributed by atoms with Crippen molar-refractivity contribution in [1.29, 1.82) is 0 Å². The van der Waals surface area contributed by atoms with Crippen LogP contribution in [0.15, 0.2) is 65.8 Å². The second kappa shape index (κ2) is 7.27. The van der Waals surface area contributed by atoms with E-state index in [1.165, 1.54) is 12.1 Å². The van der Waals surface area contributed by atoms with Crippen LogP contribution in [0.4, 0.5) is 10.1 Å². The molecule has 0 fully saturated rings. The lowest BCUT2D eigenvalue weighted by Crippen LogP contribution is -2.14. The van der Waals surface area contributed by atoms with Gasteiger partial charge in [0.15, 0.2) is 12.5 Å². The molecular weight excluding hydrogens is 387 g/mol. The number of hydrogen-bond acceptors (Lipinski definition) is 5. The van der Waals surface area contributed by atoms with E-state index in [1.54, 1.807) is 10.6 Å². The van der Waals surface area contributed by atoms with Crippen molar-refractivity contribution in [3.63, 3.8) is 0 Å². The predicted molar refractivity (Wildman–Crippen MR) is 110 cm³/mol. The fraction of sp³-hybridized carbons (Fsp3) is 0.130. The van der Waals surface area contributed by atoms with Crippen molar-refractivity contribution in [3.8, 4) is 22.8 Å². The van der Waals surface area contributed by atoms with E-state index in [1.807, 2.05) is 42.5 Å². The van der Waals surface area contributed by atoms with Gasteiger partial charge in [-0.15, -0.1) is 4.91 Å². The maximum atomic E-state index is 14.2. The molecule has 0 atom stereocenters. The Labute approximate surface area is 171 Å². The Kier molecular flexibility index (Phi) is 4.44. The Morgan fingerprint density at radius 3 is 2.73 bits per heavy atom. The van der Waals surface area contributed by atoms with Crippen molar-refractivity contribution in [3.05, 3.63) is 82.5 Å². The number of benzene rings is 3. The topological polar surface area (TPSA) is 73.0 Å². The van der Waals surface area contributed by atoms with Gasteiger partial charge in [0.1, 0.15) is 11.6 Å². The van der Waals surface area contributed by atoms with Crippen molar-refractivity contribution in [2.75, 3.05) is 6.79 Å². The Morgan fingerprint density at radius 2 is 1.93 bits per heavy atom. The fourth-order valence-electron chi connectivity index (χ4n) is 4.02. The van der Waals surface area contributed by atoms with Crippen LogP contribution < -0.4 is 4.74 Å². The van der Waals surface area contributed by atoms with Crippen LogP contribution in [0.5, 0.6) is 11.6 Å². The zero-order valence-electron chi connectivity index (χ0n) is 15.8. The van der Waals surface area contributed by atoms with E-state index in [4.69, 9.17) is 9.47 Å². The number of rotatable bonds is 4. The molecule has 6 nitrogen and oxygen atoms in total. The van der Waals surface area contributed by atoms with Crippen molar-refractivity contribution in [2.24, 2.45) is 5.18 Å². The molecular formula is C23H17FN2O4. The second-order valence-electron chi connectivity index (χ2n) is 7.08. The number of nitrogens with zero attached hydrogens (tertiary/aromatic N) is 2. The summed E-state index contributed by atoms with van der Waals surface area (Å²) in [5.41, 5.74) is 3.40. The van der Waals surface area contributed by atoms with Crippen LogP contribution in [-0.2, 0) is 17.9 Å². The summed E-state index contributed by atoms with van der Waals surface area (Å²) in [7, 11) is 0. The van der Waals surface area contributed by atoms with Gasteiger partial charge in [-0.2, -0.15) is 0 Å². The van der Waals surface area contributed by atoms with E-state index in [9.17, 15) is 14.4 Å². The molecule has 0 saturated carbocycles. The number of aromatic hydroxyl groups is 1. The van der Waals surface area contributed by atoms with Gasteiger partial charge in [0.2, 0.25) is 5.88 Å². The van der Waals surface area contributed by atoms with Crippen molar-refractivity contribution in [1.82, 2.24) is 4.57 Å². The summed E-state index contributed by atoms with van der Waals surface area (Å²) in [6.07, 6.45) is 0. The monoisotopic (exact) mass is 404 g/mol. The lowest BCUT2D eigenvalue weighted by Gasteiger charge is -2.21. The van der Waals surface area contributed by atoms with Crippen LogP contribution in [0.25, 0.3) is 22.0 Å². The summed E-state index contributed by atoms with van der Waals surface area (Å²) in [4.78, 5) is 11.7. The number of ether oxygens (including phenoxy) is 2. The lowest BCUT2D eigenvalue weighted by atomic mass is 10.0. The molecule has 150 valence electrons. The van der Waals surface area contributed by atoms with E-state index >= 15 is 0 Å². The smallest absolute Gasteiger partial charge is 0.222 e. The first-order valence-corrected chi connectivity index (χ1v) is 9.42. The van der Waals surface area contributed by atoms with E-state index in [2.05, 4.69) is 5.18 Å². The van der Waals surface area contributed by atoms with Crippen molar-refractivity contribution >= 4 is 16.6 Å². The standard InChI is InChI=1S/C23H17FN2O4/c24-17-9-15(22-16(10-17)12-29-13-30-22)11-26-19-8-4-7-18(14-5-2-1-3-6-14)20(19)21(25-28)23(26)27/h1-10,27H,11-13H2. The molecule has 0 bridgehead atoms. The molecule has 0 spiro atoms. The first kappa shape index (κ1) is 18.3. The molecule has 0 aliphatic carbocycles. The van der Waals surface area contributed by atoms with Crippen LogP contribution in [0, 0.1) is 10.7 Å². The molecule has 4 aromatic rings. The molecule has 1 N–H and O–H groups in total. The van der Waals surface area contributed by atoms with Crippen molar-refractivity contribution < 1.29 is 19.0 Å². The van der Waals surface area contributed by atoms with E-state index in [0.29, 0.717) is 27.8 Å². The molecule has 2 heterocycles. The molecule has 5 rings (SSSR count). The zero-order valence-corrected chi connectivity index (χ0v) is 15.8. The van der Waals surface area contributed by atoms with Gasteiger partial charge in [-0.1, -0.05) is 42.5 Å². The highest BCUT2D eigenvalue weighted by Gasteiger charge is 2.23. The van der Waals surface area contributed by atoms with Crippen molar-refractivity contribution in [2.45, 2.75) is 13.2 Å². The average molecular weight is 404 g/mol. The molecule has 3 aromatic carbocycles. The van der Waals surface area contributed by atoms with E-state index in [0.717, 1.165) is 11.1 Å². The van der Waals surface area contributed by atoms with Gasteiger partial charge in [0, 0.05) is 16.5 Å². The average Bonchev–Trinajstić information content (AvgIpc) is 3.05. The van der Waals surface area contributed by atoms with Gasteiger partial charge >= 0.3 is 0 Å².